The highest BCUT2D eigenvalue weighted by Gasteiger charge is 2.47. The number of hydrogen-bond acceptors (Lipinski definition) is 2. The normalized spacial score (nSPS) is 21.8. The Balaban J connectivity index is 1.79. The predicted octanol–water partition coefficient (Wildman–Crippen LogP) is 3.79. The highest BCUT2D eigenvalue weighted by Crippen LogP contribution is 2.44. The number of carbonyl (C=O) groups is 2. The molecule has 3 heterocycles. The number of para-hydroxylation sites is 1. The number of hydrogen-bond donors (Lipinski definition) is 1. The number of aromatic nitrogens is 1. The maximum Gasteiger partial charge on any atom is 0.245 e. The molecule has 1 fully saturated rings. The highest BCUT2D eigenvalue weighted by atomic mass is 35.5. The number of carbonyl (C=O) groups excluding carboxylic acids is 2. The van der Waals surface area contributed by atoms with Gasteiger partial charge in [0.15, 0.2) is 0 Å². The molecule has 5 rings (SSSR count). The van der Waals surface area contributed by atoms with Gasteiger partial charge in [-0.3, -0.25) is 9.59 Å². The van der Waals surface area contributed by atoms with Crippen LogP contribution in [0.1, 0.15) is 22.9 Å². The summed E-state index contributed by atoms with van der Waals surface area (Å²) in [7, 11) is 1.67. The van der Waals surface area contributed by atoms with Crippen LogP contribution in [-0.4, -0.2) is 46.2 Å². The summed E-state index contributed by atoms with van der Waals surface area (Å²) in [5.41, 5.74) is 3.71. The van der Waals surface area contributed by atoms with E-state index in [-0.39, 0.29) is 18.4 Å². The summed E-state index contributed by atoms with van der Waals surface area (Å²) in [5.74, 6) is -0.141. The lowest BCUT2D eigenvalue weighted by molar-refractivity contribution is -0.157. The molecule has 1 aromatic heterocycles. The van der Waals surface area contributed by atoms with E-state index in [4.69, 9.17) is 23.2 Å². The SMILES string of the molecule is CN1CC(=O)N2[C@H](c3ccc(Cl)cc3Cl)c3[nH]c4ccccc4c3C[C@@H]2C1=O. The number of rotatable bonds is 1. The summed E-state index contributed by atoms with van der Waals surface area (Å²) < 4.78 is 0. The number of piperazine rings is 1. The third kappa shape index (κ3) is 2.46. The Morgan fingerprint density at radius 1 is 1.11 bits per heavy atom. The van der Waals surface area contributed by atoms with Crippen LogP contribution in [0.15, 0.2) is 42.5 Å². The van der Waals surface area contributed by atoms with Crippen molar-refractivity contribution in [2.45, 2.75) is 18.5 Å². The van der Waals surface area contributed by atoms with Crippen molar-refractivity contribution in [2.24, 2.45) is 0 Å². The molecule has 2 aliphatic rings. The molecule has 28 heavy (non-hydrogen) atoms. The van der Waals surface area contributed by atoms with Gasteiger partial charge in [-0.2, -0.15) is 0 Å². The molecule has 142 valence electrons. The van der Waals surface area contributed by atoms with Crippen molar-refractivity contribution in [3.63, 3.8) is 0 Å². The fraction of sp³-hybridized carbons (Fsp3) is 0.238. The molecule has 0 aliphatic carbocycles. The molecule has 1 N–H and O–H groups in total. The van der Waals surface area contributed by atoms with E-state index < -0.39 is 12.1 Å². The molecule has 3 aromatic rings. The van der Waals surface area contributed by atoms with Gasteiger partial charge in [-0.1, -0.05) is 47.5 Å². The second-order valence-corrected chi connectivity index (χ2v) is 8.19. The zero-order chi connectivity index (χ0) is 19.6. The van der Waals surface area contributed by atoms with Gasteiger partial charge in [0.2, 0.25) is 11.8 Å². The van der Waals surface area contributed by atoms with E-state index in [1.54, 1.807) is 24.1 Å². The summed E-state index contributed by atoms with van der Waals surface area (Å²) in [6.07, 6.45) is 0.482. The zero-order valence-electron chi connectivity index (χ0n) is 15.1. The number of likely N-dealkylation sites (N-methyl/N-ethyl adjacent to an activating group) is 1. The first-order chi connectivity index (χ1) is 13.5. The van der Waals surface area contributed by atoms with E-state index in [1.165, 1.54) is 4.90 Å². The number of fused-ring (bicyclic) bond motifs is 4. The maximum atomic E-state index is 13.0. The van der Waals surface area contributed by atoms with Gasteiger partial charge in [0.1, 0.15) is 6.04 Å². The number of nitrogens with one attached hydrogen (secondary N) is 1. The van der Waals surface area contributed by atoms with Crippen molar-refractivity contribution in [3.8, 4) is 0 Å². The average Bonchev–Trinajstić information content (AvgIpc) is 3.03. The molecular weight excluding hydrogens is 397 g/mol. The number of nitrogens with zero attached hydrogens (tertiary/aromatic N) is 2. The first-order valence-corrected chi connectivity index (χ1v) is 9.82. The molecule has 0 unspecified atom stereocenters. The second kappa shape index (κ2) is 6.26. The van der Waals surface area contributed by atoms with E-state index in [0.717, 1.165) is 27.7 Å². The summed E-state index contributed by atoms with van der Waals surface area (Å²) in [6.45, 7) is 0.0621. The maximum absolute atomic E-state index is 13.0. The van der Waals surface area contributed by atoms with E-state index in [2.05, 4.69) is 4.98 Å². The Hall–Kier alpha value is -2.50. The fourth-order valence-corrected chi connectivity index (χ4v) is 4.97. The standard InChI is InChI=1S/C21H17Cl2N3O2/c1-25-10-18(27)26-17(21(25)28)9-14-12-4-2-3-5-16(12)24-19(14)20(26)13-7-6-11(22)8-15(13)23/h2-8,17,20,24H,9-10H2,1H3/t17-,20-/m1/s1. The molecule has 2 amide bonds. The Labute approximate surface area is 171 Å². The Morgan fingerprint density at radius 2 is 1.89 bits per heavy atom. The molecule has 0 radical (unpaired) electrons. The van der Waals surface area contributed by atoms with Crippen LogP contribution >= 0.6 is 23.2 Å². The molecule has 0 saturated carbocycles. The first-order valence-electron chi connectivity index (χ1n) is 9.06. The minimum absolute atomic E-state index is 0.0504. The summed E-state index contributed by atoms with van der Waals surface area (Å²) in [6, 6.07) is 12.2. The lowest BCUT2D eigenvalue weighted by Crippen LogP contribution is -2.62. The van der Waals surface area contributed by atoms with Crippen molar-refractivity contribution in [2.75, 3.05) is 13.6 Å². The number of halogens is 2. The highest BCUT2D eigenvalue weighted by molar-refractivity contribution is 6.35. The monoisotopic (exact) mass is 413 g/mol. The summed E-state index contributed by atoms with van der Waals surface area (Å²) in [4.78, 5) is 32.6. The molecule has 2 atom stereocenters. The van der Waals surface area contributed by atoms with Crippen LogP contribution in [0, 0.1) is 0 Å². The number of H-pyrrole nitrogens is 1. The molecule has 7 heteroatoms. The lowest BCUT2D eigenvalue weighted by Gasteiger charge is -2.46. The zero-order valence-corrected chi connectivity index (χ0v) is 16.6. The molecule has 5 nitrogen and oxygen atoms in total. The van der Waals surface area contributed by atoms with Gasteiger partial charge in [0, 0.05) is 40.1 Å². The van der Waals surface area contributed by atoms with Crippen molar-refractivity contribution in [1.82, 2.24) is 14.8 Å². The minimum Gasteiger partial charge on any atom is -0.356 e. The minimum atomic E-state index is -0.547. The van der Waals surface area contributed by atoms with Crippen molar-refractivity contribution < 1.29 is 9.59 Å². The van der Waals surface area contributed by atoms with Crippen LogP contribution in [0.2, 0.25) is 10.0 Å². The largest absolute Gasteiger partial charge is 0.356 e. The Bertz CT molecular complexity index is 1140. The predicted molar refractivity (Wildman–Crippen MR) is 109 cm³/mol. The second-order valence-electron chi connectivity index (χ2n) is 7.35. The van der Waals surface area contributed by atoms with Crippen LogP contribution in [0.4, 0.5) is 0 Å². The van der Waals surface area contributed by atoms with Gasteiger partial charge in [-0.05, 0) is 29.3 Å². The van der Waals surface area contributed by atoms with Gasteiger partial charge in [0.05, 0.1) is 12.6 Å². The topological polar surface area (TPSA) is 56.4 Å². The average molecular weight is 414 g/mol. The van der Waals surface area contributed by atoms with E-state index in [9.17, 15) is 9.59 Å². The van der Waals surface area contributed by atoms with Crippen molar-refractivity contribution in [3.05, 3.63) is 69.3 Å². The molecule has 0 spiro atoms. The number of amides is 2. The molecule has 0 bridgehead atoms. The fourth-order valence-electron chi connectivity index (χ4n) is 4.45. The van der Waals surface area contributed by atoms with Crippen LogP contribution in [0.3, 0.4) is 0 Å². The molecule has 2 aliphatic heterocycles. The van der Waals surface area contributed by atoms with E-state index in [0.29, 0.717) is 16.5 Å². The van der Waals surface area contributed by atoms with E-state index in [1.807, 2.05) is 30.3 Å². The molecule has 2 aromatic carbocycles. The van der Waals surface area contributed by atoms with Crippen LogP contribution in [0.5, 0.6) is 0 Å². The third-order valence-corrected chi connectivity index (χ3v) is 6.27. The van der Waals surface area contributed by atoms with Gasteiger partial charge < -0.3 is 14.8 Å². The Kier molecular flexibility index (Phi) is 3.93. The smallest absolute Gasteiger partial charge is 0.245 e. The van der Waals surface area contributed by atoms with Gasteiger partial charge >= 0.3 is 0 Å². The number of benzene rings is 2. The van der Waals surface area contributed by atoms with Crippen LogP contribution in [-0.2, 0) is 16.0 Å². The number of aromatic amines is 1. The first kappa shape index (κ1) is 17.6. The lowest BCUT2D eigenvalue weighted by atomic mass is 9.86. The van der Waals surface area contributed by atoms with Crippen molar-refractivity contribution in [1.29, 1.82) is 0 Å². The van der Waals surface area contributed by atoms with Crippen LogP contribution < -0.4 is 0 Å². The van der Waals surface area contributed by atoms with Crippen molar-refractivity contribution >= 4 is 45.9 Å². The summed E-state index contributed by atoms with van der Waals surface area (Å²) in [5, 5.41) is 2.07. The van der Waals surface area contributed by atoms with Crippen LogP contribution in [0.25, 0.3) is 10.9 Å². The quantitative estimate of drug-likeness (QED) is 0.659. The molecule has 1 saturated heterocycles. The van der Waals surface area contributed by atoms with E-state index >= 15 is 0 Å². The van der Waals surface area contributed by atoms with Gasteiger partial charge in [-0.15, -0.1) is 0 Å². The molecular formula is C21H17Cl2N3O2. The summed E-state index contributed by atoms with van der Waals surface area (Å²) >= 11 is 12.6. The van der Waals surface area contributed by atoms with Gasteiger partial charge in [-0.25, -0.2) is 0 Å². The van der Waals surface area contributed by atoms with Gasteiger partial charge in [0.25, 0.3) is 0 Å². The third-order valence-electron chi connectivity index (χ3n) is 5.71. The Morgan fingerprint density at radius 3 is 2.68 bits per heavy atom.